The van der Waals surface area contributed by atoms with Crippen LogP contribution in [0.4, 0.5) is 4.79 Å². The molecule has 0 bridgehead atoms. The molecule has 0 saturated carbocycles. The highest BCUT2D eigenvalue weighted by Crippen LogP contribution is 2.23. The number of carboxylic acid groups (broad SMARTS) is 1. The van der Waals surface area contributed by atoms with Crippen LogP contribution in [0.3, 0.4) is 0 Å². The fourth-order valence-corrected chi connectivity index (χ4v) is 4.19. The zero-order valence-electron chi connectivity index (χ0n) is 23.1. The predicted octanol–water partition coefficient (Wildman–Crippen LogP) is 6.77. The van der Waals surface area contributed by atoms with E-state index in [1.165, 1.54) is 0 Å². The maximum atomic E-state index is 13.4. The van der Waals surface area contributed by atoms with Gasteiger partial charge in [-0.05, 0) is 87.1 Å². The van der Waals surface area contributed by atoms with Crippen LogP contribution in [0.15, 0.2) is 72.8 Å². The Hall–Kier alpha value is -4.46. The first kappa shape index (κ1) is 30.1. The van der Waals surface area contributed by atoms with E-state index in [0.717, 1.165) is 16.7 Å². The average molecular weight is 546 g/mol. The van der Waals surface area contributed by atoms with E-state index in [4.69, 9.17) is 9.84 Å². The molecule has 0 saturated heterocycles. The van der Waals surface area contributed by atoms with Gasteiger partial charge in [0.05, 0.1) is 6.61 Å². The van der Waals surface area contributed by atoms with Crippen LogP contribution in [0.5, 0.6) is 5.75 Å². The van der Waals surface area contributed by atoms with Crippen LogP contribution in [-0.4, -0.2) is 46.5 Å². The van der Waals surface area contributed by atoms with E-state index in [-0.39, 0.29) is 24.2 Å². The van der Waals surface area contributed by atoms with Gasteiger partial charge < -0.3 is 19.5 Å². The van der Waals surface area contributed by atoms with E-state index < -0.39 is 12.1 Å². The Morgan fingerprint density at radius 2 is 1.55 bits per heavy atom. The molecule has 0 atom stereocenters. The number of benzene rings is 3. The molecule has 210 valence electrons. The molecule has 8 heteroatoms. The van der Waals surface area contributed by atoms with Gasteiger partial charge in [0.25, 0.3) is 5.91 Å². The summed E-state index contributed by atoms with van der Waals surface area (Å²) in [6, 6.07) is 22.4. The number of hydrogen-bond donors (Lipinski definition) is 1. The highest BCUT2D eigenvalue weighted by Gasteiger charge is 2.19. The molecule has 0 aliphatic heterocycles. The zero-order chi connectivity index (χ0) is 29.1. The van der Waals surface area contributed by atoms with E-state index in [0.29, 0.717) is 49.3 Å². The van der Waals surface area contributed by atoms with Crippen LogP contribution in [0.2, 0.25) is 0 Å². The van der Waals surface area contributed by atoms with E-state index in [1.807, 2.05) is 80.6 Å². The normalized spacial score (nSPS) is 10.7. The van der Waals surface area contributed by atoms with E-state index >= 15 is 0 Å². The summed E-state index contributed by atoms with van der Waals surface area (Å²) < 4.78 is 9.92. The van der Waals surface area contributed by atoms with Gasteiger partial charge in [-0.3, -0.25) is 14.4 Å². The van der Waals surface area contributed by atoms with Crippen molar-refractivity contribution in [3.63, 3.8) is 0 Å². The molecular formula is C32H35NO7. The van der Waals surface area contributed by atoms with Gasteiger partial charge in [-0.25, -0.2) is 4.79 Å². The quantitative estimate of drug-likeness (QED) is 0.109. The van der Waals surface area contributed by atoms with Crippen molar-refractivity contribution in [2.24, 2.45) is 0 Å². The molecule has 0 spiro atoms. The maximum absolute atomic E-state index is 13.4. The topological polar surface area (TPSA) is 110 Å². The number of hydrogen-bond acceptors (Lipinski definition) is 6. The van der Waals surface area contributed by atoms with Gasteiger partial charge in [0, 0.05) is 30.1 Å². The Kier molecular flexibility index (Phi) is 11.0. The summed E-state index contributed by atoms with van der Waals surface area (Å²) >= 11 is 0. The highest BCUT2D eigenvalue weighted by atomic mass is 16.7. The maximum Gasteiger partial charge on any atom is 0.513 e. The van der Waals surface area contributed by atoms with Crippen molar-refractivity contribution in [3.8, 4) is 16.9 Å². The summed E-state index contributed by atoms with van der Waals surface area (Å²) in [5, 5.41) is 8.42. The molecule has 0 aromatic heterocycles. The standard InChI is InChI=1S/C32H35NO7/c1-22(2)33(31(36)26-16-14-25(15-17-26)28-11-8-10-27(20-28)23(3)34)21-24-9-7-12-29(19-24)39-18-6-4-5-13-30(35)40-32(37)38/h7-12,14-17,19-20,22H,4-6,13,18,21H2,1-3H3,(H,37,38). The third kappa shape index (κ3) is 9.08. The first-order valence-corrected chi connectivity index (χ1v) is 13.3. The Labute approximate surface area is 234 Å². The van der Waals surface area contributed by atoms with E-state index in [9.17, 15) is 19.2 Å². The molecule has 0 aliphatic rings. The number of rotatable bonds is 13. The molecule has 3 aromatic rings. The smallest absolute Gasteiger partial charge is 0.494 e. The summed E-state index contributed by atoms with van der Waals surface area (Å²) in [7, 11) is 0. The Bertz CT molecular complexity index is 1330. The van der Waals surface area contributed by atoms with Crippen molar-refractivity contribution in [2.45, 2.75) is 59.0 Å². The number of carbonyl (C=O) groups excluding carboxylic acids is 3. The van der Waals surface area contributed by atoms with Crippen LogP contribution in [-0.2, 0) is 16.1 Å². The van der Waals surface area contributed by atoms with Crippen molar-refractivity contribution in [2.75, 3.05) is 6.61 Å². The Morgan fingerprint density at radius 3 is 2.23 bits per heavy atom. The molecule has 40 heavy (non-hydrogen) atoms. The minimum atomic E-state index is -1.59. The number of ketones is 1. The van der Waals surface area contributed by atoms with E-state index in [1.54, 1.807) is 17.9 Å². The van der Waals surface area contributed by atoms with Crippen LogP contribution >= 0.6 is 0 Å². The third-order valence-corrected chi connectivity index (χ3v) is 6.36. The van der Waals surface area contributed by atoms with Crippen molar-refractivity contribution < 1.29 is 33.8 Å². The largest absolute Gasteiger partial charge is 0.513 e. The van der Waals surface area contributed by atoms with Crippen molar-refractivity contribution in [1.29, 1.82) is 0 Å². The number of Topliss-reactive ketones (excluding diaryl/α,β-unsaturated/α-hetero) is 1. The lowest BCUT2D eigenvalue weighted by atomic mass is 10.00. The molecule has 1 N–H and O–H groups in total. The molecule has 0 fully saturated rings. The minimum Gasteiger partial charge on any atom is -0.494 e. The molecule has 0 unspecified atom stereocenters. The number of amides is 1. The summed E-state index contributed by atoms with van der Waals surface area (Å²) in [5.41, 5.74) is 4.02. The van der Waals surface area contributed by atoms with Crippen LogP contribution in [0.25, 0.3) is 11.1 Å². The molecule has 0 aliphatic carbocycles. The molecule has 0 heterocycles. The average Bonchev–Trinajstić information content (AvgIpc) is 2.93. The predicted molar refractivity (Wildman–Crippen MR) is 151 cm³/mol. The highest BCUT2D eigenvalue weighted by molar-refractivity contribution is 5.96. The van der Waals surface area contributed by atoms with Gasteiger partial charge in [-0.1, -0.05) is 42.5 Å². The number of nitrogens with zero attached hydrogens (tertiary/aromatic N) is 1. The van der Waals surface area contributed by atoms with Gasteiger partial charge in [-0.15, -0.1) is 0 Å². The van der Waals surface area contributed by atoms with E-state index in [2.05, 4.69) is 4.74 Å². The number of carbonyl (C=O) groups is 4. The van der Waals surface area contributed by atoms with Crippen molar-refractivity contribution in [3.05, 3.63) is 89.5 Å². The first-order valence-electron chi connectivity index (χ1n) is 13.3. The fourth-order valence-electron chi connectivity index (χ4n) is 4.19. The second-order valence-electron chi connectivity index (χ2n) is 9.79. The SMILES string of the molecule is CC(=O)c1cccc(-c2ccc(C(=O)N(Cc3cccc(OCCCCCC(=O)OC(=O)O)c3)C(C)C)cc2)c1. The molecule has 8 nitrogen and oxygen atoms in total. The Balaban J connectivity index is 1.57. The van der Waals surface area contributed by atoms with Gasteiger partial charge in [0.15, 0.2) is 5.78 Å². The number of unbranched alkanes of at least 4 members (excludes halogenated alkanes) is 2. The fraction of sp³-hybridized carbons (Fsp3) is 0.312. The van der Waals surface area contributed by atoms with Crippen molar-refractivity contribution in [1.82, 2.24) is 4.90 Å². The number of ether oxygens (including phenoxy) is 2. The second-order valence-corrected chi connectivity index (χ2v) is 9.79. The van der Waals surface area contributed by atoms with Crippen LogP contribution < -0.4 is 4.74 Å². The number of esters is 1. The summed E-state index contributed by atoms with van der Waals surface area (Å²) in [4.78, 5) is 48.6. The second kappa shape index (κ2) is 14.6. The molecule has 1 amide bonds. The van der Waals surface area contributed by atoms with Crippen molar-refractivity contribution >= 4 is 23.8 Å². The van der Waals surface area contributed by atoms with Gasteiger partial charge >= 0.3 is 12.1 Å². The van der Waals surface area contributed by atoms with Gasteiger partial charge in [0.2, 0.25) is 0 Å². The van der Waals surface area contributed by atoms with Gasteiger partial charge in [-0.2, -0.15) is 0 Å². The molecule has 3 rings (SSSR count). The molecule has 0 radical (unpaired) electrons. The third-order valence-electron chi connectivity index (χ3n) is 6.36. The lowest BCUT2D eigenvalue weighted by Gasteiger charge is -2.27. The monoisotopic (exact) mass is 545 g/mol. The summed E-state index contributed by atoms with van der Waals surface area (Å²) in [5.74, 6) is -0.127. The summed E-state index contributed by atoms with van der Waals surface area (Å²) in [6.45, 7) is 6.37. The minimum absolute atomic E-state index is 0.00823. The molecular weight excluding hydrogens is 510 g/mol. The Morgan fingerprint density at radius 1 is 0.825 bits per heavy atom. The summed E-state index contributed by atoms with van der Waals surface area (Å²) in [6.07, 6.45) is 0.391. The van der Waals surface area contributed by atoms with Crippen LogP contribution in [0.1, 0.15) is 72.7 Å². The lowest BCUT2D eigenvalue weighted by Crippen LogP contribution is -2.36. The lowest BCUT2D eigenvalue weighted by molar-refractivity contribution is -0.139. The first-order chi connectivity index (χ1) is 19.1. The zero-order valence-corrected chi connectivity index (χ0v) is 23.1. The molecule has 3 aromatic carbocycles. The van der Waals surface area contributed by atoms with Crippen LogP contribution in [0, 0.1) is 0 Å². The van der Waals surface area contributed by atoms with Gasteiger partial charge in [0.1, 0.15) is 5.75 Å².